The van der Waals surface area contributed by atoms with Gasteiger partial charge in [-0.2, -0.15) is 0 Å². The fourth-order valence-corrected chi connectivity index (χ4v) is 4.47. The van der Waals surface area contributed by atoms with Gasteiger partial charge in [0.25, 0.3) is 0 Å². The number of carbonyl (C=O) groups excluding carboxylic acids is 2. The van der Waals surface area contributed by atoms with Gasteiger partial charge < -0.3 is 14.4 Å². The van der Waals surface area contributed by atoms with Gasteiger partial charge in [0.05, 0.1) is 13.7 Å². The average Bonchev–Trinajstić information content (AvgIpc) is 2.91. The van der Waals surface area contributed by atoms with Gasteiger partial charge in [0.2, 0.25) is 5.96 Å². The van der Waals surface area contributed by atoms with Crippen molar-refractivity contribution in [3.8, 4) is 5.75 Å². The first-order valence-electron chi connectivity index (χ1n) is 13.1. The molecule has 1 aliphatic heterocycles. The Kier molecular flexibility index (Phi) is 9.03. The summed E-state index contributed by atoms with van der Waals surface area (Å²) in [6.07, 6.45) is -0.680. The van der Waals surface area contributed by atoms with Crippen molar-refractivity contribution in [2.75, 3.05) is 33.3 Å². The fourth-order valence-electron chi connectivity index (χ4n) is 4.47. The van der Waals surface area contributed by atoms with Crippen LogP contribution in [0.1, 0.15) is 31.9 Å². The van der Waals surface area contributed by atoms with E-state index < -0.39 is 11.7 Å². The fraction of sp³-hybridized carbons (Fsp3) is 0.367. The molecule has 9 nitrogen and oxygen atoms in total. The first-order chi connectivity index (χ1) is 18.7. The molecule has 0 aliphatic carbocycles. The van der Waals surface area contributed by atoms with Crippen LogP contribution in [0.4, 0.5) is 9.59 Å². The summed E-state index contributed by atoms with van der Waals surface area (Å²) >= 11 is 0. The number of piperazine rings is 1. The highest BCUT2D eigenvalue weighted by Gasteiger charge is 2.24. The van der Waals surface area contributed by atoms with E-state index in [0.29, 0.717) is 26.2 Å². The van der Waals surface area contributed by atoms with Gasteiger partial charge in [-0.05, 0) is 43.2 Å². The van der Waals surface area contributed by atoms with Crippen LogP contribution in [0.5, 0.6) is 5.75 Å². The van der Waals surface area contributed by atoms with Gasteiger partial charge in [0.15, 0.2) is 0 Å². The van der Waals surface area contributed by atoms with E-state index in [4.69, 9.17) is 9.47 Å². The molecule has 0 aromatic heterocycles. The number of nitrogens with zero attached hydrogens (tertiary/aromatic N) is 3. The summed E-state index contributed by atoms with van der Waals surface area (Å²) in [7, 11) is 1.67. The molecule has 0 bridgehead atoms. The van der Waals surface area contributed by atoms with Gasteiger partial charge in [-0.1, -0.05) is 60.7 Å². The van der Waals surface area contributed by atoms with Crippen molar-refractivity contribution in [1.82, 2.24) is 20.4 Å². The van der Waals surface area contributed by atoms with Crippen LogP contribution in [0.25, 0.3) is 10.8 Å². The van der Waals surface area contributed by atoms with Crippen molar-refractivity contribution >= 4 is 28.9 Å². The Morgan fingerprint density at radius 3 is 2.28 bits per heavy atom. The minimum absolute atomic E-state index is 0.0543. The zero-order valence-corrected chi connectivity index (χ0v) is 23.1. The van der Waals surface area contributed by atoms with Crippen molar-refractivity contribution in [3.63, 3.8) is 0 Å². The van der Waals surface area contributed by atoms with Crippen LogP contribution in [0, 0.1) is 0 Å². The molecule has 0 saturated carbocycles. The highest BCUT2D eigenvalue weighted by atomic mass is 16.6. The molecule has 0 radical (unpaired) electrons. The standard InChI is InChI=1S/C30H37N5O4/c1-30(2,3)39-29(37)33-27(31-20-23-13-9-12-22-10-5-7-14-25(22)23)32-28(36)35-18-16-34(17-19-35)21-24-11-6-8-15-26(24)38-4/h5-15H,16-21H2,1-4H3,(H2,31,32,33,36,37). The Bertz CT molecular complexity index is 1320. The first-order valence-corrected chi connectivity index (χ1v) is 13.1. The Hall–Kier alpha value is -4.11. The topological polar surface area (TPSA) is 95.5 Å². The molecule has 3 aromatic rings. The van der Waals surface area contributed by atoms with Crippen molar-refractivity contribution in [1.29, 1.82) is 0 Å². The lowest BCUT2D eigenvalue weighted by Crippen LogP contribution is -2.55. The predicted octanol–water partition coefficient (Wildman–Crippen LogP) is 4.76. The van der Waals surface area contributed by atoms with Crippen molar-refractivity contribution in [2.24, 2.45) is 4.99 Å². The van der Waals surface area contributed by atoms with Gasteiger partial charge in [0, 0.05) is 38.3 Å². The second-order valence-electron chi connectivity index (χ2n) is 10.4. The molecule has 39 heavy (non-hydrogen) atoms. The maximum absolute atomic E-state index is 13.2. The van der Waals surface area contributed by atoms with E-state index in [1.54, 1.807) is 32.8 Å². The third-order valence-corrected chi connectivity index (χ3v) is 6.38. The number of hydrogen-bond acceptors (Lipinski definition) is 6. The van der Waals surface area contributed by atoms with E-state index in [1.807, 2.05) is 60.7 Å². The number of guanidine groups is 1. The summed E-state index contributed by atoms with van der Waals surface area (Å²) in [6.45, 7) is 8.89. The number of carbonyl (C=O) groups is 2. The highest BCUT2D eigenvalue weighted by Crippen LogP contribution is 2.21. The van der Waals surface area contributed by atoms with Gasteiger partial charge >= 0.3 is 12.1 Å². The molecule has 1 heterocycles. The number of para-hydroxylation sites is 1. The molecular weight excluding hydrogens is 494 g/mol. The number of amides is 3. The minimum Gasteiger partial charge on any atom is -0.496 e. The molecule has 1 aliphatic rings. The van der Waals surface area contributed by atoms with E-state index in [1.165, 1.54) is 0 Å². The molecule has 1 fully saturated rings. The average molecular weight is 532 g/mol. The second-order valence-corrected chi connectivity index (χ2v) is 10.4. The molecule has 206 valence electrons. The van der Waals surface area contributed by atoms with Crippen LogP contribution in [-0.4, -0.2) is 66.8 Å². The van der Waals surface area contributed by atoms with E-state index in [0.717, 1.165) is 34.2 Å². The number of aliphatic imine (C=N–C) groups is 1. The van der Waals surface area contributed by atoms with Crippen LogP contribution < -0.4 is 15.4 Å². The quantitative estimate of drug-likeness (QED) is 0.366. The minimum atomic E-state index is -0.688. The monoisotopic (exact) mass is 531 g/mol. The zero-order chi connectivity index (χ0) is 27.8. The van der Waals surface area contributed by atoms with E-state index >= 15 is 0 Å². The maximum Gasteiger partial charge on any atom is 0.414 e. The molecule has 2 N–H and O–H groups in total. The summed E-state index contributed by atoms with van der Waals surface area (Å²) in [5.74, 6) is 0.913. The summed E-state index contributed by atoms with van der Waals surface area (Å²) in [5, 5.41) is 7.58. The Labute approximate surface area is 229 Å². The largest absolute Gasteiger partial charge is 0.496 e. The third kappa shape index (κ3) is 7.94. The van der Waals surface area contributed by atoms with Crippen molar-refractivity contribution < 1.29 is 19.1 Å². The van der Waals surface area contributed by atoms with Gasteiger partial charge in [0.1, 0.15) is 11.4 Å². The van der Waals surface area contributed by atoms with E-state index in [2.05, 4.69) is 26.6 Å². The normalized spacial score (nSPS) is 14.7. The number of fused-ring (bicyclic) bond motifs is 1. The molecule has 1 saturated heterocycles. The number of ether oxygens (including phenoxy) is 2. The number of alkyl carbamates (subject to hydrolysis) is 1. The predicted molar refractivity (Wildman–Crippen MR) is 153 cm³/mol. The van der Waals surface area contributed by atoms with Crippen LogP contribution in [0.15, 0.2) is 71.7 Å². The van der Waals surface area contributed by atoms with Crippen LogP contribution in [0.3, 0.4) is 0 Å². The molecule has 3 aromatic carbocycles. The number of methoxy groups -OCH3 is 1. The first kappa shape index (κ1) is 27.9. The molecular formula is C30H37N5O4. The third-order valence-electron chi connectivity index (χ3n) is 6.38. The van der Waals surface area contributed by atoms with E-state index in [-0.39, 0.29) is 18.5 Å². The van der Waals surface area contributed by atoms with Crippen molar-refractivity contribution in [3.05, 3.63) is 77.9 Å². The lowest BCUT2D eigenvalue weighted by atomic mass is 10.1. The molecule has 3 amide bonds. The number of nitrogens with one attached hydrogen (secondary N) is 2. The van der Waals surface area contributed by atoms with Crippen LogP contribution in [0.2, 0.25) is 0 Å². The van der Waals surface area contributed by atoms with Gasteiger partial charge in [-0.25, -0.2) is 14.6 Å². The molecule has 0 atom stereocenters. The number of hydrogen-bond donors (Lipinski definition) is 2. The maximum atomic E-state index is 13.2. The number of benzene rings is 3. The molecule has 9 heteroatoms. The van der Waals surface area contributed by atoms with Crippen molar-refractivity contribution in [2.45, 2.75) is 39.5 Å². The van der Waals surface area contributed by atoms with Crippen LogP contribution >= 0.6 is 0 Å². The van der Waals surface area contributed by atoms with Gasteiger partial charge in [-0.3, -0.25) is 15.5 Å². The summed E-state index contributed by atoms with van der Waals surface area (Å²) in [5.41, 5.74) is 1.41. The number of urea groups is 1. The Morgan fingerprint density at radius 2 is 1.54 bits per heavy atom. The lowest BCUT2D eigenvalue weighted by Gasteiger charge is -2.35. The highest BCUT2D eigenvalue weighted by molar-refractivity contribution is 6.02. The summed E-state index contributed by atoms with van der Waals surface area (Å²) in [4.78, 5) is 34.3. The Morgan fingerprint density at radius 1 is 0.872 bits per heavy atom. The second kappa shape index (κ2) is 12.6. The number of rotatable bonds is 5. The molecule has 0 spiro atoms. The smallest absolute Gasteiger partial charge is 0.414 e. The van der Waals surface area contributed by atoms with Crippen LogP contribution in [-0.2, 0) is 17.8 Å². The summed E-state index contributed by atoms with van der Waals surface area (Å²) < 4.78 is 10.9. The Balaban J connectivity index is 1.41. The SMILES string of the molecule is COc1ccccc1CN1CCN(C(=O)NC(=NCc2cccc3ccccc23)NC(=O)OC(C)(C)C)CC1. The van der Waals surface area contributed by atoms with E-state index in [9.17, 15) is 9.59 Å². The molecule has 0 unspecified atom stereocenters. The zero-order valence-electron chi connectivity index (χ0n) is 23.1. The molecule has 4 rings (SSSR count). The van der Waals surface area contributed by atoms with Gasteiger partial charge in [-0.15, -0.1) is 0 Å². The lowest BCUT2D eigenvalue weighted by molar-refractivity contribution is 0.0561. The summed E-state index contributed by atoms with van der Waals surface area (Å²) in [6, 6.07) is 21.7.